The van der Waals surface area contributed by atoms with Crippen molar-refractivity contribution in [1.29, 1.82) is 0 Å². The first-order valence-corrected chi connectivity index (χ1v) is 12.8. The van der Waals surface area contributed by atoms with Crippen molar-refractivity contribution in [3.63, 3.8) is 0 Å². The van der Waals surface area contributed by atoms with Crippen LogP contribution in [0.1, 0.15) is 30.4 Å². The fourth-order valence-corrected chi connectivity index (χ4v) is 5.87. The van der Waals surface area contributed by atoms with E-state index in [2.05, 4.69) is 40.2 Å². The normalized spacial score (nSPS) is 18.6. The zero-order valence-electron chi connectivity index (χ0n) is 17.7. The smallest absolute Gasteiger partial charge is 0.266 e. The lowest BCUT2D eigenvalue weighted by atomic mass is 9.90. The number of nitrogens with zero attached hydrogens (tertiary/aromatic N) is 2. The molecule has 0 atom stereocenters. The summed E-state index contributed by atoms with van der Waals surface area (Å²) in [6.07, 6.45) is 5.28. The topological polar surface area (TPSA) is 40.6 Å². The van der Waals surface area contributed by atoms with Crippen LogP contribution >= 0.6 is 39.9 Å². The van der Waals surface area contributed by atoms with Crippen LogP contribution in [0, 0.1) is 5.92 Å². The van der Waals surface area contributed by atoms with E-state index in [1.54, 1.807) is 4.90 Å². The molecule has 0 bridgehead atoms. The molecule has 0 N–H and O–H groups in total. The summed E-state index contributed by atoms with van der Waals surface area (Å²) >= 11 is 10.2. The van der Waals surface area contributed by atoms with Gasteiger partial charge < -0.3 is 4.90 Å². The van der Waals surface area contributed by atoms with Gasteiger partial charge in [-0.25, -0.2) is 0 Å². The fourth-order valence-electron chi connectivity index (χ4n) is 4.14. The molecule has 2 aliphatic rings. The van der Waals surface area contributed by atoms with E-state index in [0.717, 1.165) is 42.4 Å². The highest BCUT2D eigenvalue weighted by Gasteiger charge is 2.33. The zero-order chi connectivity index (χ0) is 22.5. The molecule has 0 saturated carbocycles. The largest absolute Gasteiger partial charge is 0.343 e. The van der Waals surface area contributed by atoms with Crippen LogP contribution in [-0.2, 0) is 16.0 Å². The van der Waals surface area contributed by atoms with Gasteiger partial charge in [0.1, 0.15) is 4.32 Å². The number of hydrogen-bond acceptors (Lipinski definition) is 4. The van der Waals surface area contributed by atoms with Gasteiger partial charge in [-0.1, -0.05) is 82.4 Å². The van der Waals surface area contributed by atoms with Crippen LogP contribution in [0.25, 0.3) is 6.08 Å². The lowest BCUT2D eigenvalue weighted by Crippen LogP contribution is -2.41. The number of hydrogen-bond donors (Lipinski definition) is 0. The summed E-state index contributed by atoms with van der Waals surface area (Å²) in [4.78, 5) is 29.7. The molecule has 32 heavy (non-hydrogen) atoms. The first-order chi connectivity index (χ1) is 15.5. The molecule has 2 amide bonds. The minimum absolute atomic E-state index is 0.105. The van der Waals surface area contributed by atoms with E-state index in [-0.39, 0.29) is 11.8 Å². The number of thiocarbonyl (C=S) groups is 1. The minimum atomic E-state index is -0.116. The number of likely N-dealkylation sites (tertiary alicyclic amines) is 1. The molecule has 2 aromatic carbocycles. The van der Waals surface area contributed by atoms with Gasteiger partial charge in [0, 0.05) is 30.5 Å². The average molecular weight is 530 g/mol. The van der Waals surface area contributed by atoms with Crippen molar-refractivity contribution in [2.24, 2.45) is 5.92 Å². The van der Waals surface area contributed by atoms with Gasteiger partial charge in [-0.3, -0.25) is 14.5 Å². The van der Waals surface area contributed by atoms with E-state index in [1.165, 1.54) is 17.3 Å². The number of carbonyl (C=O) groups is 2. The summed E-state index contributed by atoms with van der Waals surface area (Å²) in [6, 6.07) is 18.3. The molecular formula is C25H25BrN2O2S2. The molecule has 2 aliphatic heterocycles. The Bertz CT molecular complexity index is 1030. The van der Waals surface area contributed by atoms with Gasteiger partial charge in [-0.15, -0.1) is 0 Å². The second-order valence-electron chi connectivity index (χ2n) is 8.15. The van der Waals surface area contributed by atoms with E-state index >= 15 is 0 Å². The highest BCUT2D eigenvalue weighted by molar-refractivity contribution is 9.10. The molecule has 4 rings (SSSR count). The van der Waals surface area contributed by atoms with Crippen molar-refractivity contribution >= 4 is 62.1 Å². The lowest BCUT2D eigenvalue weighted by molar-refractivity contribution is -0.133. The Labute approximate surface area is 207 Å². The molecule has 0 aromatic heterocycles. The van der Waals surface area contributed by atoms with Crippen molar-refractivity contribution in [1.82, 2.24) is 9.80 Å². The van der Waals surface area contributed by atoms with E-state index in [1.807, 2.05) is 41.3 Å². The third-order valence-corrected chi connectivity index (χ3v) is 7.77. The summed E-state index contributed by atoms with van der Waals surface area (Å²) in [5, 5.41) is 0. The Hall–Kier alpha value is -1.96. The molecule has 166 valence electrons. The first kappa shape index (κ1) is 23.2. The Balaban J connectivity index is 1.27. The predicted octanol–water partition coefficient (Wildman–Crippen LogP) is 5.52. The highest BCUT2D eigenvalue weighted by atomic mass is 79.9. The monoisotopic (exact) mass is 528 g/mol. The lowest BCUT2D eigenvalue weighted by Gasteiger charge is -2.32. The number of piperidine rings is 1. The molecule has 0 radical (unpaired) electrons. The predicted molar refractivity (Wildman–Crippen MR) is 138 cm³/mol. The van der Waals surface area contributed by atoms with Gasteiger partial charge in [0.05, 0.1) is 4.91 Å². The third-order valence-electron chi connectivity index (χ3n) is 5.90. The van der Waals surface area contributed by atoms with Crippen LogP contribution in [0.4, 0.5) is 0 Å². The van der Waals surface area contributed by atoms with Crippen LogP contribution in [0.5, 0.6) is 0 Å². The molecule has 0 unspecified atom stereocenters. The SMILES string of the molecule is O=C(CCN1C(=O)/C(=C\c2cccc(Br)c2)SC1=S)N1CCC(Cc2ccccc2)CC1. The maximum absolute atomic E-state index is 12.8. The van der Waals surface area contributed by atoms with Gasteiger partial charge >= 0.3 is 0 Å². The molecule has 2 aromatic rings. The van der Waals surface area contributed by atoms with Crippen LogP contribution in [0.3, 0.4) is 0 Å². The van der Waals surface area contributed by atoms with Crippen molar-refractivity contribution < 1.29 is 9.59 Å². The molecule has 7 heteroatoms. The summed E-state index contributed by atoms with van der Waals surface area (Å²) < 4.78 is 1.48. The first-order valence-electron chi connectivity index (χ1n) is 10.8. The van der Waals surface area contributed by atoms with Gasteiger partial charge in [0.2, 0.25) is 5.91 Å². The van der Waals surface area contributed by atoms with E-state index in [9.17, 15) is 9.59 Å². The van der Waals surface area contributed by atoms with Crippen LogP contribution < -0.4 is 0 Å². The molecule has 4 nitrogen and oxygen atoms in total. The van der Waals surface area contributed by atoms with Gasteiger partial charge in [-0.2, -0.15) is 0 Å². The van der Waals surface area contributed by atoms with E-state index in [0.29, 0.717) is 28.1 Å². The number of amides is 2. The van der Waals surface area contributed by atoms with Crippen LogP contribution in [0.2, 0.25) is 0 Å². The number of benzene rings is 2. The number of rotatable bonds is 6. The van der Waals surface area contributed by atoms with Gasteiger partial charge in [0.15, 0.2) is 0 Å². The van der Waals surface area contributed by atoms with Crippen LogP contribution in [0.15, 0.2) is 64.0 Å². The van der Waals surface area contributed by atoms with Crippen LogP contribution in [-0.4, -0.2) is 45.6 Å². The molecule has 2 fully saturated rings. The maximum Gasteiger partial charge on any atom is 0.266 e. The van der Waals surface area contributed by atoms with E-state index in [4.69, 9.17) is 12.2 Å². The maximum atomic E-state index is 12.8. The Morgan fingerprint density at radius 3 is 2.59 bits per heavy atom. The van der Waals surface area contributed by atoms with E-state index < -0.39 is 0 Å². The molecular weight excluding hydrogens is 504 g/mol. The summed E-state index contributed by atoms with van der Waals surface area (Å²) in [5.41, 5.74) is 2.30. The number of thioether (sulfide) groups is 1. The Morgan fingerprint density at radius 2 is 1.88 bits per heavy atom. The summed E-state index contributed by atoms with van der Waals surface area (Å²) in [5.74, 6) is 0.610. The van der Waals surface area contributed by atoms with Crippen molar-refractivity contribution in [3.8, 4) is 0 Å². The third kappa shape index (κ3) is 5.88. The quantitative estimate of drug-likeness (QED) is 0.365. The molecule has 2 heterocycles. The second-order valence-corrected chi connectivity index (χ2v) is 10.7. The molecule has 0 spiro atoms. The summed E-state index contributed by atoms with van der Waals surface area (Å²) in [6.45, 7) is 1.91. The standard InChI is InChI=1S/C25H25BrN2O2S2/c26-21-8-4-7-20(16-21)17-22-24(30)28(25(31)32-22)14-11-23(29)27-12-9-19(10-13-27)15-18-5-2-1-3-6-18/h1-8,16-17,19H,9-15H2/b22-17+. The Morgan fingerprint density at radius 1 is 1.12 bits per heavy atom. The van der Waals surface area contributed by atoms with Gasteiger partial charge in [0.25, 0.3) is 5.91 Å². The molecule has 2 saturated heterocycles. The van der Waals surface area contributed by atoms with Crippen molar-refractivity contribution in [2.45, 2.75) is 25.7 Å². The van der Waals surface area contributed by atoms with Gasteiger partial charge in [-0.05, 0) is 54.5 Å². The fraction of sp³-hybridized carbons (Fsp3) is 0.320. The average Bonchev–Trinajstić information content (AvgIpc) is 3.05. The number of halogens is 1. The molecule has 0 aliphatic carbocycles. The minimum Gasteiger partial charge on any atom is -0.343 e. The summed E-state index contributed by atoms with van der Waals surface area (Å²) in [7, 11) is 0. The zero-order valence-corrected chi connectivity index (χ0v) is 20.9. The second kappa shape index (κ2) is 10.8. The van der Waals surface area contributed by atoms with Crippen molar-refractivity contribution in [3.05, 3.63) is 75.1 Å². The highest BCUT2D eigenvalue weighted by Crippen LogP contribution is 2.33. The van der Waals surface area contributed by atoms with Crippen molar-refractivity contribution in [2.75, 3.05) is 19.6 Å². The number of carbonyl (C=O) groups excluding carboxylic acids is 2. The Kier molecular flexibility index (Phi) is 7.81.